The van der Waals surface area contributed by atoms with E-state index in [0.717, 1.165) is 43.0 Å². The Morgan fingerprint density at radius 3 is 2.74 bits per heavy atom. The van der Waals surface area contributed by atoms with Gasteiger partial charge in [-0.05, 0) is 38.8 Å². The molecule has 3 rings (SSSR count). The molecule has 0 unspecified atom stereocenters. The van der Waals surface area contributed by atoms with Gasteiger partial charge in [-0.1, -0.05) is 0 Å². The van der Waals surface area contributed by atoms with E-state index in [1.807, 2.05) is 6.92 Å². The molecule has 2 aromatic rings. The van der Waals surface area contributed by atoms with Gasteiger partial charge in [0.2, 0.25) is 0 Å². The maximum Gasteiger partial charge on any atom is 0.253 e. The maximum absolute atomic E-state index is 12.2. The molecule has 3 heterocycles. The molecular weight excluding hydrogens is 290 g/mol. The van der Waals surface area contributed by atoms with E-state index in [2.05, 4.69) is 32.1 Å². The second kappa shape index (κ2) is 6.73. The molecule has 1 aliphatic rings. The van der Waals surface area contributed by atoms with Gasteiger partial charge in [0.15, 0.2) is 0 Å². The lowest BCUT2D eigenvalue weighted by Crippen LogP contribution is -2.45. The molecule has 0 saturated carbocycles. The number of hydrogen-bond acceptors (Lipinski definition) is 5. The minimum Gasteiger partial charge on any atom is -0.356 e. The van der Waals surface area contributed by atoms with Gasteiger partial charge in [-0.25, -0.2) is 9.97 Å². The molecule has 0 radical (unpaired) electrons. The highest BCUT2D eigenvalue weighted by Gasteiger charge is 2.23. The predicted molar refractivity (Wildman–Crippen MR) is 88.4 cm³/mol. The zero-order valence-electron chi connectivity index (χ0n) is 13.5. The summed E-state index contributed by atoms with van der Waals surface area (Å²) in [6, 6.07) is 3.75. The van der Waals surface area contributed by atoms with Crippen LogP contribution in [0, 0.1) is 13.8 Å². The van der Waals surface area contributed by atoms with Gasteiger partial charge < -0.3 is 10.2 Å². The number of aromatic nitrogens is 3. The Hall–Kier alpha value is -2.50. The van der Waals surface area contributed by atoms with Crippen molar-refractivity contribution in [3.63, 3.8) is 0 Å². The van der Waals surface area contributed by atoms with Crippen LogP contribution in [0.15, 0.2) is 30.9 Å². The molecule has 1 saturated heterocycles. The standard InChI is InChI=1S/C17H21N5O/c1-12-13(2)19-11-20-16(12)22-8-5-15(6-9-22)21-17(23)14-4-3-7-18-10-14/h3-4,7,10-11,15H,5-6,8-9H2,1-2H3,(H,21,23). The average molecular weight is 311 g/mol. The minimum atomic E-state index is -0.0504. The number of aryl methyl sites for hydroxylation is 1. The van der Waals surface area contributed by atoms with Crippen LogP contribution in [0.5, 0.6) is 0 Å². The van der Waals surface area contributed by atoms with Crippen LogP contribution in [0.3, 0.4) is 0 Å². The number of anilines is 1. The lowest BCUT2D eigenvalue weighted by Gasteiger charge is -2.34. The predicted octanol–water partition coefficient (Wildman–Crippen LogP) is 1.89. The van der Waals surface area contributed by atoms with E-state index >= 15 is 0 Å². The van der Waals surface area contributed by atoms with Crippen LogP contribution < -0.4 is 10.2 Å². The zero-order valence-corrected chi connectivity index (χ0v) is 13.5. The number of pyridine rings is 1. The summed E-state index contributed by atoms with van der Waals surface area (Å²) >= 11 is 0. The van der Waals surface area contributed by atoms with Gasteiger partial charge in [-0.2, -0.15) is 0 Å². The Bertz CT molecular complexity index is 681. The molecule has 6 heteroatoms. The molecule has 0 bridgehead atoms. The first-order valence-corrected chi connectivity index (χ1v) is 7.89. The molecule has 6 nitrogen and oxygen atoms in total. The molecule has 1 amide bonds. The van der Waals surface area contributed by atoms with E-state index in [1.165, 1.54) is 0 Å². The first-order chi connectivity index (χ1) is 11.1. The molecule has 0 aromatic carbocycles. The normalized spacial score (nSPS) is 15.5. The van der Waals surface area contributed by atoms with Crippen LogP contribution >= 0.6 is 0 Å². The molecule has 0 spiro atoms. The lowest BCUT2D eigenvalue weighted by molar-refractivity contribution is 0.0930. The fourth-order valence-corrected chi connectivity index (χ4v) is 2.85. The van der Waals surface area contributed by atoms with Gasteiger partial charge in [0, 0.05) is 42.8 Å². The smallest absolute Gasteiger partial charge is 0.253 e. The van der Waals surface area contributed by atoms with Gasteiger partial charge in [0.05, 0.1) is 5.56 Å². The minimum absolute atomic E-state index is 0.0504. The van der Waals surface area contributed by atoms with Crippen molar-refractivity contribution in [3.8, 4) is 0 Å². The fraction of sp³-hybridized carbons (Fsp3) is 0.412. The third kappa shape index (κ3) is 3.47. The van der Waals surface area contributed by atoms with Crippen LogP contribution in [-0.4, -0.2) is 40.0 Å². The number of carbonyl (C=O) groups excluding carboxylic acids is 1. The number of nitrogens with zero attached hydrogens (tertiary/aromatic N) is 4. The van der Waals surface area contributed by atoms with Crippen molar-refractivity contribution in [3.05, 3.63) is 47.7 Å². The highest BCUT2D eigenvalue weighted by molar-refractivity contribution is 5.94. The Kier molecular flexibility index (Phi) is 4.50. The summed E-state index contributed by atoms with van der Waals surface area (Å²) in [6.07, 6.45) is 6.70. The molecule has 1 aliphatic heterocycles. The van der Waals surface area contributed by atoms with E-state index in [-0.39, 0.29) is 11.9 Å². The topological polar surface area (TPSA) is 71.0 Å². The molecule has 0 aliphatic carbocycles. The Morgan fingerprint density at radius 2 is 2.04 bits per heavy atom. The third-order valence-electron chi connectivity index (χ3n) is 4.36. The van der Waals surface area contributed by atoms with Gasteiger partial charge in [-0.3, -0.25) is 9.78 Å². The lowest BCUT2D eigenvalue weighted by atomic mass is 10.0. The highest BCUT2D eigenvalue weighted by atomic mass is 16.1. The third-order valence-corrected chi connectivity index (χ3v) is 4.36. The van der Waals surface area contributed by atoms with Crippen LogP contribution in [-0.2, 0) is 0 Å². The molecule has 1 N–H and O–H groups in total. The summed E-state index contributed by atoms with van der Waals surface area (Å²) in [4.78, 5) is 27.1. The number of amides is 1. The van der Waals surface area contributed by atoms with Crippen molar-refractivity contribution in [2.24, 2.45) is 0 Å². The first kappa shape index (κ1) is 15.4. The highest BCUT2D eigenvalue weighted by Crippen LogP contribution is 2.22. The summed E-state index contributed by atoms with van der Waals surface area (Å²) in [5, 5.41) is 3.09. The van der Waals surface area contributed by atoms with E-state index in [0.29, 0.717) is 5.56 Å². The molecule has 1 fully saturated rings. The second-order valence-corrected chi connectivity index (χ2v) is 5.88. The summed E-state index contributed by atoms with van der Waals surface area (Å²) in [5.74, 6) is 0.958. The van der Waals surface area contributed by atoms with Gasteiger partial charge in [0.25, 0.3) is 5.91 Å². The number of nitrogens with one attached hydrogen (secondary N) is 1. The number of rotatable bonds is 3. The monoisotopic (exact) mass is 311 g/mol. The van der Waals surface area contributed by atoms with E-state index in [4.69, 9.17) is 0 Å². The molecule has 120 valence electrons. The quantitative estimate of drug-likeness (QED) is 0.937. The Labute approximate surface area is 136 Å². The van der Waals surface area contributed by atoms with Crippen LogP contribution in [0.2, 0.25) is 0 Å². The average Bonchev–Trinajstić information content (AvgIpc) is 2.59. The first-order valence-electron chi connectivity index (χ1n) is 7.89. The van der Waals surface area contributed by atoms with Crippen molar-refractivity contribution in [2.45, 2.75) is 32.7 Å². The number of carbonyl (C=O) groups is 1. The van der Waals surface area contributed by atoms with Crippen LogP contribution in [0.1, 0.15) is 34.5 Å². The molecular formula is C17H21N5O. The summed E-state index contributed by atoms with van der Waals surface area (Å²) < 4.78 is 0. The fourth-order valence-electron chi connectivity index (χ4n) is 2.85. The SMILES string of the molecule is Cc1ncnc(N2CCC(NC(=O)c3cccnc3)CC2)c1C. The van der Waals surface area contributed by atoms with Gasteiger partial charge >= 0.3 is 0 Å². The van der Waals surface area contributed by atoms with Crippen molar-refractivity contribution < 1.29 is 4.79 Å². The largest absolute Gasteiger partial charge is 0.356 e. The van der Waals surface area contributed by atoms with Crippen LogP contribution in [0.25, 0.3) is 0 Å². The zero-order chi connectivity index (χ0) is 16.2. The van der Waals surface area contributed by atoms with E-state index in [1.54, 1.807) is 30.9 Å². The molecule has 2 aromatic heterocycles. The maximum atomic E-state index is 12.2. The van der Waals surface area contributed by atoms with Crippen molar-refractivity contribution in [2.75, 3.05) is 18.0 Å². The van der Waals surface area contributed by atoms with Crippen LogP contribution in [0.4, 0.5) is 5.82 Å². The summed E-state index contributed by atoms with van der Waals surface area (Å²) in [6.45, 7) is 5.83. The second-order valence-electron chi connectivity index (χ2n) is 5.88. The van der Waals surface area contributed by atoms with E-state index < -0.39 is 0 Å². The number of hydrogen-bond donors (Lipinski definition) is 1. The summed E-state index contributed by atoms with van der Waals surface area (Å²) in [5.41, 5.74) is 2.75. The van der Waals surface area contributed by atoms with Crippen molar-refractivity contribution in [1.29, 1.82) is 0 Å². The molecule has 23 heavy (non-hydrogen) atoms. The summed E-state index contributed by atoms with van der Waals surface area (Å²) in [7, 11) is 0. The molecule has 0 atom stereocenters. The van der Waals surface area contributed by atoms with Gasteiger partial charge in [0.1, 0.15) is 12.1 Å². The Balaban J connectivity index is 1.58. The Morgan fingerprint density at radius 1 is 1.26 bits per heavy atom. The van der Waals surface area contributed by atoms with Crippen molar-refractivity contribution in [1.82, 2.24) is 20.3 Å². The van der Waals surface area contributed by atoms with E-state index in [9.17, 15) is 4.79 Å². The van der Waals surface area contributed by atoms with Gasteiger partial charge in [-0.15, -0.1) is 0 Å². The number of piperidine rings is 1. The van der Waals surface area contributed by atoms with Crippen molar-refractivity contribution >= 4 is 11.7 Å².